The summed E-state index contributed by atoms with van der Waals surface area (Å²) in [5, 5.41) is 7.73. The van der Waals surface area contributed by atoms with Gasteiger partial charge in [0.15, 0.2) is 5.65 Å². The minimum absolute atomic E-state index is 0.00511. The van der Waals surface area contributed by atoms with Gasteiger partial charge >= 0.3 is 0 Å². The average Bonchev–Trinajstić information content (AvgIpc) is 3.50. The van der Waals surface area contributed by atoms with Crippen molar-refractivity contribution in [2.45, 2.75) is 39.8 Å². The molecule has 0 saturated carbocycles. The van der Waals surface area contributed by atoms with Crippen LogP contribution in [0.2, 0.25) is 5.15 Å². The van der Waals surface area contributed by atoms with Gasteiger partial charge in [0.1, 0.15) is 27.8 Å². The highest BCUT2D eigenvalue weighted by molar-refractivity contribution is 7.16. The molecule has 0 aliphatic heterocycles. The maximum atomic E-state index is 13.9. The summed E-state index contributed by atoms with van der Waals surface area (Å²) in [7, 11) is 0. The third-order valence-corrected chi connectivity index (χ3v) is 7.99. The monoisotopic (exact) mass is 571 g/mol. The molecular weight excluding hydrogens is 546 g/mol. The fraction of sp³-hybridized carbons (Fsp3) is 0.207. The first-order valence-corrected chi connectivity index (χ1v) is 14.0. The lowest BCUT2D eigenvalue weighted by Crippen LogP contribution is -2.20. The smallest absolute Gasteiger partial charge is 0.265 e. The summed E-state index contributed by atoms with van der Waals surface area (Å²) in [5.74, 6) is 0.826. The van der Waals surface area contributed by atoms with Crippen molar-refractivity contribution in [3.63, 3.8) is 0 Å². The summed E-state index contributed by atoms with van der Waals surface area (Å²) in [6.07, 6.45) is 3.12. The van der Waals surface area contributed by atoms with Crippen LogP contribution in [0.3, 0.4) is 0 Å². The Morgan fingerprint density at radius 3 is 2.60 bits per heavy atom. The van der Waals surface area contributed by atoms with Gasteiger partial charge < -0.3 is 10.5 Å². The van der Waals surface area contributed by atoms with Crippen LogP contribution in [0.15, 0.2) is 65.2 Å². The summed E-state index contributed by atoms with van der Waals surface area (Å²) < 4.78 is 9.04. The number of anilines is 1. The van der Waals surface area contributed by atoms with Crippen molar-refractivity contribution in [1.29, 1.82) is 0 Å². The second kappa shape index (κ2) is 10.0. The van der Waals surface area contributed by atoms with Gasteiger partial charge in [-0.15, -0.1) is 11.3 Å². The summed E-state index contributed by atoms with van der Waals surface area (Å²) >= 11 is 7.84. The number of aromatic nitrogens is 6. The Morgan fingerprint density at radius 1 is 1.05 bits per heavy atom. The van der Waals surface area contributed by atoms with E-state index in [0.29, 0.717) is 39.1 Å². The van der Waals surface area contributed by atoms with Gasteiger partial charge in [-0.25, -0.2) is 19.6 Å². The highest BCUT2D eigenvalue weighted by atomic mass is 35.5. The van der Waals surface area contributed by atoms with Gasteiger partial charge in [0, 0.05) is 23.2 Å². The number of nitrogens with two attached hydrogens (primary N) is 1. The van der Waals surface area contributed by atoms with E-state index in [1.165, 1.54) is 17.7 Å². The zero-order chi connectivity index (χ0) is 28.1. The molecule has 0 aliphatic rings. The first-order valence-electron chi connectivity index (χ1n) is 12.7. The van der Waals surface area contributed by atoms with Crippen molar-refractivity contribution < 1.29 is 4.74 Å². The summed E-state index contributed by atoms with van der Waals surface area (Å²) in [4.78, 5) is 27.9. The van der Waals surface area contributed by atoms with E-state index in [2.05, 4.69) is 15.0 Å². The molecule has 9 nitrogen and oxygen atoms in total. The van der Waals surface area contributed by atoms with Gasteiger partial charge in [0.05, 0.1) is 23.1 Å². The predicted octanol–water partition coefficient (Wildman–Crippen LogP) is 6.17. The van der Waals surface area contributed by atoms with Crippen molar-refractivity contribution >= 4 is 44.6 Å². The molecule has 1 atom stereocenters. The van der Waals surface area contributed by atoms with Crippen LogP contribution < -0.4 is 16.0 Å². The highest BCUT2D eigenvalue weighted by Crippen LogP contribution is 2.36. The molecule has 2 N–H and O–H groups in total. The number of ether oxygens (including phenoxy) is 1. The Kier molecular flexibility index (Phi) is 6.52. The molecule has 6 aromatic rings. The maximum absolute atomic E-state index is 13.9. The van der Waals surface area contributed by atoms with Crippen LogP contribution >= 0.6 is 22.9 Å². The van der Waals surface area contributed by atoms with Gasteiger partial charge in [0.2, 0.25) is 5.88 Å². The maximum Gasteiger partial charge on any atom is 0.265 e. The van der Waals surface area contributed by atoms with E-state index >= 15 is 0 Å². The Labute approximate surface area is 238 Å². The van der Waals surface area contributed by atoms with E-state index < -0.39 is 6.04 Å². The molecule has 0 amide bonds. The normalized spacial score (nSPS) is 12.4. The Balaban J connectivity index is 1.57. The molecule has 1 aromatic carbocycles. The third kappa shape index (κ3) is 4.39. The minimum Gasteiger partial charge on any atom is -0.475 e. The number of halogens is 1. The number of pyridine rings is 2. The summed E-state index contributed by atoms with van der Waals surface area (Å²) in [6.45, 7) is 7.88. The van der Waals surface area contributed by atoms with Crippen LogP contribution in [0.4, 0.5) is 5.82 Å². The van der Waals surface area contributed by atoms with Gasteiger partial charge in [-0.05, 0) is 51.0 Å². The van der Waals surface area contributed by atoms with Crippen molar-refractivity contribution in [3.8, 4) is 28.3 Å². The largest absolute Gasteiger partial charge is 0.475 e. The van der Waals surface area contributed by atoms with E-state index in [1.54, 1.807) is 26.7 Å². The fourth-order valence-corrected chi connectivity index (χ4v) is 6.06. The van der Waals surface area contributed by atoms with E-state index in [4.69, 9.17) is 27.2 Å². The molecule has 6 rings (SSSR count). The number of rotatable bonds is 6. The van der Waals surface area contributed by atoms with Crippen LogP contribution in [0.25, 0.3) is 38.2 Å². The Bertz CT molecular complexity index is 1940. The van der Waals surface area contributed by atoms with Crippen LogP contribution in [0.1, 0.15) is 37.9 Å². The molecule has 0 aliphatic carbocycles. The van der Waals surface area contributed by atoms with Crippen molar-refractivity contribution in [2.75, 3.05) is 5.73 Å². The van der Waals surface area contributed by atoms with Crippen LogP contribution in [0, 0.1) is 6.92 Å². The van der Waals surface area contributed by atoms with E-state index in [-0.39, 0.29) is 11.7 Å². The molecule has 0 spiro atoms. The third-order valence-electron chi connectivity index (χ3n) is 6.70. The molecule has 0 unspecified atom stereocenters. The quantitative estimate of drug-likeness (QED) is 0.254. The van der Waals surface area contributed by atoms with Gasteiger partial charge in [-0.2, -0.15) is 5.10 Å². The topological polar surface area (TPSA) is 113 Å². The molecule has 0 fully saturated rings. The summed E-state index contributed by atoms with van der Waals surface area (Å²) in [6, 6.07) is 13.2. The molecule has 5 aromatic heterocycles. The molecule has 202 valence electrons. The lowest BCUT2D eigenvalue weighted by Gasteiger charge is -2.18. The van der Waals surface area contributed by atoms with Crippen molar-refractivity contribution in [1.82, 2.24) is 29.1 Å². The average molecular weight is 572 g/mol. The fourth-order valence-electron chi connectivity index (χ4n) is 4.91. The first kappa shape index (κ1) is 26.0. The number of hydrogen-bond acceptors (Lipinski definition) is 8. The Hall–Kier alpha value is -4.28. The molecule has 40 heavy (non-hydrogen) atoms. The minimum atomic E-state index is -0.392. The molecule has 5 heterocycles. The Morgan fingerprint density at radius 2 is 1.88 bits per heavy atom. The van der Waals surface area contributed by atoms with Crippen LogP contribution in [-0.2, 0) is 0 Å². The SMILES string of the molecule is Cc1cccc(-c2c([C@H](C)n3nc(-c4ccc(OC(C)C)nc4)c4c(N)ncnc43)cc3scc(Cl)n3c2=O)c1. The van der Waals surface area contributed by atoms with Gasteiger partial charge in [0.25, 0.3) is 5.56 Å². The summed E-state index contributed by atoms with van der Waals surface area (Å²) in [5.41, 5.74) is 11.3. The van der Waals surface area contributed by atoms with E-state index in [1.807, 2.05) is 64.1 Å². The zero-order valence-corrected chi connectivity index (χ0v) is 23.9. The number of thiazole rings is 1. The number of nitrogens with zero attached hydrogens (tertiary/aromatic N) is 6. The second-order valence-electron chi connectivity index (χ2n) is 9.86. The highest BCUT2D eigenvalue weighted by Gasteiger charge is 2.26. The first-order chi connectivity index (χ1) is 19.2. The van der Waals surface area contributed by atoms with E-state index in [9.17, 15) is 4.79 Å². The van der Waals surface area contributed by atoms with Crippen LogP contribution in [0.5, 0.6) is 5.88 Å². The molecule has 0 radical (unpaired) electrons. The standard InChI is InChI=1S/C29H26ClN7O2S/c1-15(2)39-22-9-8-19(12-32-22)26-25-27(31)33-14-34-28(25)37(35-26)17(4)20-11-23-36(21(30)13-40-23)29(38)24(20)18-7-5-6-16(3)10-18/h5-15,17H,1-4H3,(H2,31,33,34)/t17-/m0/s1. The number of benzene rings is 1. The number of fused-ring (bicyclic) bond motifs is 2. The zero-order valence-electron chi connectivity index (χ0n) is 22.3. The number of nitrogen functional groups attached to an aromatic ring is 1. The molecular formula is C29H26ClN7O2S. The predicted molar refractivity (Wildman–Crippen MR) is 159 cm³/mol. The number of hydrogen-bond donors (Lipinski definition) is 1. The van der Waals surface area contributed by atoms with Gasteiger partial charge in [-0.1, -0.05) is 41.4 Å². The van der Waals surface area contributed by atoms with Crippen molar-refractivity contribution in [2.24, 2.45) is 0 Å². The van der Waals surface area contributed by atoms with Gasteiger partial charge in [-0.3, -0.25) is 9.20 Å². The molecule has 0 saturated heterocycles. The molecule has 11 heteroatoms. The lowest BCUT2D eigenvalue weighted by atomic mass is 9.96. The number of aryl methyl sites for hydroxylation is 1. The second-order valence-corrected chi connectivity index (χ2v) is 11.1. The lowest BCUT2D eigenvalue weighted by molar-refractivity contribution is 0.232. The van der Waals surface area contributed by atoms with E-state index in [0.717, 1.165) is 27.1 Å². The van der Waals surface area contributed by atoms with Crippen LogP contribution in [-0.4, -0.2) is 35.2 Å². The molecule has 0 bridgehead atoms. The van der Waals surface area contributed by atoms with Crippen molar-refractivity contribution in [3.05, 3.63) is 87.0 Å².